The SMILES string of the molecule is CSc1cc(C)ccc1CNC(=O)N(C)CCC(C)O. The lowest BCUT2D eigenvalue weighted by atomic mass is 10.1. The highest BCUT2D eigenvalue weighted by Crippen LogP contribution is 2.21. The second-order valence-electron chi connectivity index (χ2n) is 5.03. The lowest BCUT2D eigenvalue weighted by Gasteiger charge is -2.19. The Morgan fingerprint density at radius 1 is 1.50 bits per heavy atom. The summed E-state index contributed by atoms with van der Waals surface area (Å²) in [5.74, 6) is 0. The fraction of sp³-hybridized carbons (Fsp3) is 0.533. The third kappa shape index (κ3) is 5.43. The molecule has 0 saturated heterocycles. The number of rotatable bonds is 6. The number of nitrogens with zero attached hydrogens (tertiary/aromatic N) is 1. The summed E-state index contributed by atoms with van der Waals surface area (Å²) in [5.41, 5.74) is 2.35. The van der Waals surface area contributed by atoms with Crippen LogP contribution < -0.4 is 5.32 Å². The first-order valence-electron chi connectivity index (χ1n) is 6.74. The second-order valence-corrected chi connectivity index (χ2v) is 5.88. The highest BCUT2D eigenvalue weighted by Gasteiger charge is 2.10. The Bertz CT molecular complexity index is 449. The highest BCUT2D eigenvalue weighted by atomic mass is 32.2. The molecule has 0 saturated carbocycles. The Labute approximate surface area is 125 Å². The lowest BCUT2D eigenvalue weighted by Crippen LogP contribution is -2.38. The van der Waals surface area contributed by atoms with Crippen molar-refractivity contribution in [1.29, 1.82) is 0 Å². The molecule has 0 radical (unpaired) electrons. The van der Waals surface area contributed by atoms with Crippen LogP contribution in [0.5, 0.6) is 0 Å². The molecule has 1 aromatic carbocycles. The van der Waals surface area contributed by atoms with Crippen LogP contribution in [-0.2, 0) is 6.54 Å². The van der Waals surface area contributed by atoms with Gasteiger partial charge in [0.25, 0.3) is 0 Å². The van der Waals surface area contributed by atoms with Crippen molar-refractivity contribution in [2.75, 3.05) is 19.8 Å². The molecule has 20 heavy (non-hydrogen) atoms. The van der Waals surface area contributed by atoms with Crippen molar-refractivity contribution in [3.63, 3.8) is 0 Å². The van der Waals surface area contributed by atoms with Gasteiger partial charge in [0.15, 0.2) is 0 Å². The first-order chi connectivity index (χ1) is 9.43. The largest absolute Gasteiger partial charge is 0.393 e. The fourth-order valence-corrected chi connectivity index (χ4v) is 2.49. The molecule has 0 fully saturated rings. The molecule has 0 aromatic heterocycles. The van der Waals surface area contributed by atoms with Crippen molar-refractivity contribution >= 4 is 17.8 Å². The van der Waals surface area contributed by atoms with Gasteiger partial charge in [-0.15, -0.1) is 11.8 Å². The summed E-state index contributed by atoms with van der Waals surface area (Å²) >= 11 is 1.69. The number of hydrogen-bond acceptors (Lipinski definition) is 3. The lowest BCUT2D eigenvalue weighted by molar-refractivity contribution is 0.163. The van der Waals surface area contributed by atoms with E-state index in [0.29, 0.717) is 19.5 Å². The minimum absolute atomic E-state index is 0.113. The predicted octanol–water partition coefficient (Wildman–Crippen LogP) is 2.63. The van der Waals surface area contributed by atoms with Crippen LogP contribution in [0, 0.1) is 6.92 Å². The number of hydrogen-bond donors (Lipinski definition) is 2. The van der Waals surface area contributed by atoms with Gasteiger partial charge in [-0.3, -0.25) is 0 Å². The summed E-state index contributed by atoms with van der Waals surface area (Å²) in [5, 5.41) is 12.1. The standard InChI is InChI=1S/C15H24N2O2S/c1-11-5-6-13(14(9-11)20-4)10-16-15(19)17(3)8-7-12(2)18/h5-6,9,12,18H,7-8,10H2,1-4H3,(H,16,19). The van der Waals surface area contributed by atoms with E-state index in [4.69, 9.17) is 0 Å². The van der Waals surface area contributed by atoms with Crippen molar-refractivity contribution in [1.82, 2.24) is 10.2 Å². The number of aliphatic hydroxyl groups is 1. The normalized spacial score (nSPS) is 12.1. The van der Waals surface area contributed by atoms with Gasteiger partial charge in [0.1, 0.15) is 0 Å². The van der Waals surface area contributed by atoms with E-state index in [9.17, 15) is 9.90 Å². The van der Waals surface area contributed by atoms with Gasteiger partial charge < -0.3 is 15.3 Å². The number of aliphatic hydroxyl groups excluding tert-OH is 1. The molecule has 0 aliphatic rings. The molecule has 2 amide bonds. The predicted molar refractivity (Wildman–Crippen MR) is 84.1 cm³/mol. The monoisotopic (exact) mass is 296 g/mol. The molecule has 0 heterocycles. The van der Waals surface area contributed by atoms with Crippen LogP contribution in [0.15, 0.2) is 23.1 Å². The van der Waals surface area contributed by atoms with Crippen molar-refractivity contribution in [3.05, 3.63) is 29.3 Å². The molecule has 1 rings (SSSR count). The van der Waals surface area contributed by atoms with E-state index in [1.165, 1.54) is 10.5 Å². The Kier molecular flexibility index (Phi) is 6.88. The van der Waals surface area contributed by atoms with Gasteiger partial charge in [-0.1, -0.05) is 12.1 Å². The number of thioether (sulfide) groups is 1. The average Bonchev–Trinajstić information content (AvgIpc) is 2.42. The van der Waals surface area contributed by atoms with E-state index in [-0.39, 0.29) is 12.1 Å². The molecule has 1 aromatic rings. The minimum Gasteiger partial charge on any atom is -0.393 e. The van der Waals surface area contributed by atoms with Crippen molar-refractivity contribution in [2.24, 2.45) is 0 Å². The fourth-order valence-electron chi connectivity index (χ4n) is 1.79. The van der Waals surface area contributed by atoms with Gasteiger partial charge in [-0.2, -0.15) is 0 Å². The number of urea groups is 1. The molecule has 0 bridgehead atoms. The van der Waals surface area contributed by atoms with Gasteiger partial charge >= 0.3 is 6.03 Å². The van der Waals surface area contributed by atoms with E-state index in [1.54, 1.807) is 30.6 Å². The molecule has 5 heteroatoms. The Balaban J connectivity index is 2.52. The van der Waals surface area contributed by atoms with E-state index < -0.39 is 0 Å². The van der Waals surface area contributed by atoms with Crippen LogP contribution in [0.1, 0.15) is 24.5 Å². The molecule has 0 aliphatic carbocycles. The zero-order valence-corrected chi connectivity index (χ0v) is 13.5. The van der Waals surface area contributed by atoms with Crippen LogP contribution in [0.3, 0.4) is 0 Å². The van der Waals surface area contributed by atoms with E-state index in [2.05, 4.69) is 30.4 Å². The first-order valence-corrected chi connectivity index (χ1v) is 7.97. The van der Waals surface area contributed by atoms with Crippen molar-refractivity contribution in [2.45, 2.75) is 37.8 Å². The number of aryl methyl sites for hydroxylation is 1. The number of carbonyl (C=O) groups excluding carboxylic acids is 1. The van der Waals surface area contributed by atoms with Crippen LogP contribution >= 0.6 is 11.8 Å². The molecule has 0 spiro atoms. The number of carbonyl (C=O) groups is 1. The first kappa shape index (κ1) is 16.9. The minimum atomic E-state index is -0.384. The van der Waals surface area contributed by atoms with E-state index >= 15 is 0 Å². The van der Waals surface area contributed by atoms with E-state index in [0.717, 1.165) is 5.56 Å². The van der Waals surface area contributed by atoms with Gasteiger partial charge in [-0.25, -0.2) is 4.79 Å². The Morgan fingerprint density at radius 2 is 2.20 bits per heavy atom. The molecular formula is C15H24N2O2S. The quantitative estimate of drug-likeness (QED) is 0.794. The van der Waals surface area contributed by atoms with Crippen LogP contribution in [0.2, 0.25) is 0 Å². The maximum atomic E-state index is 11.9. The summed E-state index contributed by atoms with van der Waals surface area (Å²) in [6.07, 6.45) is 2.24. The third-order valence-corrected chi connectivity index (χ3v) is 3.92. The van der Waals surface area contributed by atoms with Gasteiger partial charge in [0.2, 0.25) is 0 Å². The molecule has 4 nitrogen and oxygen atoms in total. The van der Waals surface area contributed by atoms with Gasteiger partial charge in [-0.05, 0) is 43.7 Å². The average molecular weight is 296 g/mol. The molecular weight excluding hydrogens is 272 g/mol. The maximum Gasteiger partial charge on any atom is 0.317 e. The summed E-state index contributed by atoms with van der Waals surface area (Å²) < 4.78 is 0. The molecule has 2 N–H and O–H groups in total. The smallest absolute Gasteiger partial charge is 0.317 e. The molecule has 1 unspecified atom stereocenters. The van der Waals surface area contributed by atoms with E-state index in [1.807, 2.05) is 6.26 Å². The third-order valence-electron chi connectivity index (χ3n) is 3.10. The molecule has 112 valence electrons. The summed E-state index contributed by atoms with van der Waals surface area (Å²) in [6, 6.07) is 6.12. The van der Waals surface area contributed by atoms with Crippen LogP contribution in [0.25, 0.3) is 0 Å². The Morgan fingerprint density at radius 3 is 2.80 bits per heavy atom. The maximum absolute atomic E-state index is 11.9. The number of amides is 2. The van der Waals surface area contributed by atoms with Crippen LogP contribution in [0.4, 0.5) is 4.79 Å². The number of nitrogens with one attached hydrogen (secondary N) is 1. The molecule has 0 aliphatic heterocycles. The highest BCUT2D eigenvalue weighted by molar-refractivity contribution is 7.98. The molecule has 1 atom stereocenters. The Hall–Kier alpha value is -1.20. The zero-order chi connectivity index (χ0) is 15.1. The topological polar surface area (TPSA) is 52.6 Å². The van der Waals surface area contributed by atoms with Crippen molar-refractivity contribution < 1.29 is 9.90 Å². The zero-order valence-electron chi connectivity index (χ0n) is 12.6. The summed E-state index contributed by atoms with van der Waals surface area (Å²) in [4.78, 5) is 14.7. The van der Waals surface area contributed by atoms with Gasteiger partial charge in [0.05, 0.1) is 6.10 Å². The summed E-state index contributed by atoms with van der Waals surface area (Å²) in [7, 11) is 1.74. The second kappa shape index (κ2) is 8.17. The summed E-state index contributed by atoms with van der Waals surface area (Å²) in [6.45, 7) is 4.86. The van der Waals surface area contributed by atoms with Crippen molar-refractivity contribution in [3.8, 4) is 0 Å². The van der Waals surface area contributed by atoms with Crippen LogP contribution in [-0.4, -0.2) is 42.0 Å². The van der Waals surface area contributed by atoms with Gasteiger partial charge in [0, 0.05) is 25.0 Å². The number of benzene rings is 1.